The second-order valence-electron chi connectivity index (χ2n) is 5.64. The molecule has 1 aliphatic rings. The summed E-state index contributed by atoms with van der Waals surface area (Å²) in [5.74, 6) is 0. The van der Waals surface area contributed by atoms with E-state index in [1.807, 2.05) is 19.1 Å². The van der Waals surface area contributed by atoms with E-state index in [1.54, 1.807) is 10.5 Å². The van der Waals surface area contributed by atoms with Gasteiger partial charge in [0.1, 0.15) is 0 Å². The van der Waals surface area contributed by atoms with Gasteiger partial charge in [-0.3, -0.25) is 5.10 Å². The van der Waals surface area contributed by atoms with Gasteiger partial charge in [0.15, 0.2) is 0 Å². The summed E-state index contributed by atoms with van der Waals surface area (Å²) in [6, 6.07) is 3.74. The Kier molecular flexibility index (Phi) is 4.05. The topological polar surface area (TPSA) is 69.3 Å². The van der Waals surface area contributed by atoms with Gasteiger partial charge >= 0.3 is 0 Å². The molecule has 1 atom stereocenters. The smallest absolute Gasteiger partial charge is 0.211 e. The number of aromatic nitrogens is 2. The summed E-state index contributed by atoms with van der Waals surface area (Å²) in [7, 11) is -3.17. The predicted molar refractivity (Wildman–Crippen MR) is 88.9 cm³/mol. The number of halogens is 1. The van der Waals surface area contributed by atoms with Gasteiger partial charge < -0.3 is 4.90 Å². The van der Waals surface area contributed by atoms with E-state index in [9.17, 15) is 8.42 Å². The lowest BCUT2D eigenvalue weighted by atomic mass is 10.1. The Morgan fingerprint density at radius 3 is 2.86 bits per heavy atom. The van der Waals surface area contributed by atoms with Gasteiger partial charge in [-0.05, 0) is 18.6 Å². The number of H-pyrrole nitrogens is 1. The molecule has 8 heteroatoms. The fourth-order valence-electron chi connectivity index (χ4n) is 3.09. The molecule has 1 saturated heterocycles. The Morgan fingerprint density at radius 2 is 2.18 bits per heavy atom. The molecular weight excluding hydrogens is 324 g/mol. The molecule has 0 radical (unpaired) electrons. The first-order chi connectivity index (χ1) is 10.4. The van der Waals surface area contributed by atoms with Crippen LogP contribution >= 0.6 is 11.6 Å². The molecule has 22 heavy (non-hydrogen) atoms. The lowest BCUT2D eigenvalue weighted by molar-refractivity contribution is 0.285. The summed E-state index contributed by atoms with van der Waals surface area (Å²) >= 11 is 6.19. The number of nitrogens with one attached hydrogen (secondary N) is 1. The molecule has 3 rings (SSSR count). The highest BCUT2D eigenvalue weighted by Crippen LogP contribution is 2.31. The average molecular weight is 343 g/mol. The van der Waals surface area contributed by atoms with Crippen molar-refractivity contribution in [3.63, 3.8) is 0 Å². The van der Waals surface area contributed by atoms with Gasteiger partial charge in [-0.25, -0.2) is 8.42 Å². The second-order valence-corrected chi connectivity index (χ2v) is 8.01. The Balaban J connectivity index is 1.95. The Morgan fingerprint density at radius 1 is 1.41 bits per heavy atom. The molecule has 1 aliphatic heterocycles. The maximum atomic E-state index is 11.9. The molecule has 0 spiro atoms. The average Bonchev–Trinajstić information content (AvgIpc) is 2.92. The van der Waals surface area contributed by atoms with Crippen LogP contribution in [0.15, 0.2) is 18.3 Å². The van der Waals surface area contributed by atoms with Crippen LogP contribution < -0.4 is 4.90 Å². The third kappa shape index (κ3) is 2.80. The first-order valence-electron chi connectivity index (χ1n) is 7.24. The van der Waals surface area contributed by atoms with Crippen molar-refractivity contribution < 1.29 is 8.42 Å². The SMILES string of the molecule is CCC1CN(c2cc(Cl)cc3[nH]ncc23)CCN1S(C)(=O)=O. The summed E-state index contributed by atoms with van der Waals surface area (Å²) in [5.41, 5.74) is 1.89. The third-order valence-corrected chi connectivity index (χ3v) is 5.72. The fourth-order valence-corrected chi connectivity index (χ4v) is 4.47. The van der Waals surface area contributed by atoms with Gasteiger partial charge in [-0.2, -0.15) is 9.40 Å². The summed E-state index contributed by atoms with van der Waals surface area (Å²) in [6.45, 7) is 3.80. The molecule has 1 unspecified atom stereocenters. The summed E-state index contributed by atoms with van der Waals surface area (Å²) in [4.78, 5) is 2.19. The monoisotopic (exact) mass is 342 g/mol. The largest absolute Gasteiger partial charge is 0.368 e. The van der Waals surface area contributed by atoms with Crippen molar-refractivity contribution in [2.75, 3.05) is 30.8 Å². The number of anilines is 1. The van der Waals surface area contributed by atoms with E-state index in [1.165, 1.54) is 6.26 Å². The number of aromatic amines is 1. The minimum Gasteiger partial charge on any atom is -0.368 e. The van der Waals surface area contributed by atoms with Gasteiger partial charge in [0.05, 0.1) is 18.0 Å². The lowest BCUT2D eigenvalue weighted by Crippen LogP contribution is -2.54. The number of nitrogens with zero attached hydrogens (tertiary/aromatic N) is 3. The number of rotatable bonds is 3. The van der Waals surface area contributed by atoms with Crippen LogP contribution in [0, 0.1) is 0 Å². The third-order valence-electron chi connectivity index (χ3n) is 4.17. The number of benzene rings is 1. The van der Waals surface area contributed by atoms with Gasteiger partial charge in [0, 0.05) is 41.8 Å². The zero-order valence-electron chi connectivity index (χ0n) is 12.6. The first-order valence-corrected chi connectivity index (χ1v) is 9.47. The van der Waals surface area contributed by atoms with Crippen LogP contribution in [0.25, 0.3) is 10.9 Å². The first kappa shape index (κ1) is 15.6. The van der Waals surface area contributed by atoms with Crippen LogP contribution in [0.2, 0.25) is 5.02 Å². The summed E-state index contributed by atoms with van der Waals surface area (Å²) in [5, 5.41) is 8.66. The van der Waals surface area contributed by atoms with E-state index in [2.05, 4.69) is 15.1 Å². The fraction of sp³-hybridized carbons (Fsp3) is 0.500. The highest BCUT2D eigenvalue weighted by atomic mass is 35.5. The second kappa shape index (κ2) is 5.72. The molecule has 0 aliphatic carbocycles. The Hall–Kier alpha value is -1.31. The van der Waals surface area contributed by atoms with Crippen LogP contribution in [0.1, 0.15) is 13.3 Å². The summed E-state index contributed by atoms with van der Waals surface area (Å²) < 4.78 is 25.4. The summed E-state index contributed by atoms with van der Waals surface area (Å²) in [6.07, 6.45) is 3.84. The quantitative estimate of drug-likeness (QED) is 0.927. The lowest BCUT2D eigenvalue weighted by Gasteiger charge is -2.41. The zero-order chi connectivity index (χ0) is 15.9. The Bertz CT molecular complexity index is 789. The molecule has 0 saturated carbocycles. The maximum Gasteiger partial charge on any atom is 0.211 e. The van der Waals surface area contributed by atoms with Gasteiger partial charge in [-0.15, -0.1) is 0 Å². The van der Waals surface area contributed by atoms with Crippen LogP contribution in [-0.4, -0.2) is 54.9 Å². The molecule has 0 amide bonds. The predicted octanol–water partition coefficient (Wildman–Crippen LogP) is 2.08. The van der Waals surface area contributed by atoms with Crippen molar-refractivity contribution in [1.82, 2.24) is 14.5 Å². The van der Waals surface area contributed by atoms with E-state index in [4.69, 9.17) is 11.6 Å². The number of hydrogen-bond donors (Lipinski definition) is 1. The van der Waals surface area contributed by atoms with Crippen molar-refractivity contribution in [3.8, 4) is 0 Å². The molecule has 1 aromatic heterocycles. The molecule has 120 valence electrons. The van der Waals surface area contributed by atoms with Crippen LogP contribution in [0.4, 0.5) is 5.69 Å². The number of piperazine rings is 1. The molecule has 2 aromatic rings. The van der Waals surface area contributed by atoms with Crippen molar-refractivity contribution in [1.29, 1.82) is 0 Å². The maximum absolute atomic E-state index is 11.9. The van der Waals surface area contributed by atoms with Gasteiger partial charge in [-0.1, -0.05) is 18.5 Å². The highest BCUT2D eigenvalue weighted by Gasteiger charge is 2.32. The van der Waals surface area contributed by atoms with Crippen molar-refractivity contribution in [2.45, 2.75) is 19.4 Å². The molecule has 1 N–H and O–H groups in total. The standard InChI is InChI=1S/C14H19ClN4O2S/c1-3-11-9-18(4-5-19(11)22(2,20)21)14-7-10(15)6-13-12(14)8-16-17-13/h6-8,11H,3-5,9H2,1-2H3,(H,16,17). The van der Waals surface area contributed by atoms with E-state index in [0.29, 0.717) is 24.7 Å². The zero-order valence-corrected chi connectivity index (χ0v) is 14.2. The molecular formula is C14H19ClN4O2S. The number of sulfonamides is 1. The van der Waals surface area contributed by atoms with Gasteiger partial charge in [0.2, 0.25) is 10.0 Å². The van der Waals surface area contributed by atoms with Crippen molar-refractivity contribution >= 4 is 38.2 Å². The van der Waals surface area contributed by atoms with Crippen LogP contribution in [-0.2, 0) is 10.0 Å². The molecule has 1 fully saturated rings. The molecule has 6 nitrogen and oxygen atoms in total. The van der Waals surface area contributed by atoms with E-state index < -0.39 is 10.0 Å². The van der Waals surface area contributed by atoms with Gasteiger partial charge in [0.25, 0.3) is 0 Å². The van der Waals surface area contributed by atoms with Crippen molar-refractivity contribution in [2.24, 2.45) is 0 Å². The number of fused-ring (bicyclic) bond motifs is 1. The van der Waals surface area contributed by atoms with E-state index in [0.717, 1.165) is 23.0 Å². The number of hydrogen-bond acceptors (Lipinski definition) is 4. The normalized spacial score (nSPS) is 20.7. The van der Waals surface area contributed by atoms with Crippen LogP contribution in [0.3, 0.4) is 0 Å². The van der Waals surface area contributed by atoms with E-state index in [-0.39, 0.29) is 6.04 Å². The van der Waals surface area contributed by atoms with Crippen LogP contribution in [0.5, 0.6) is 0 Å². The molecule has 0 bridgehead atoms. The minimum absolute atomic E-state index is 0.0234. The molecule has 1 aromatic carbocycles. The Labute approximate surface area is 135 Å². The highest BCUT2D eigenvalue weighted by molar-refractivity contribution is 7.88. The van der Waals surface area contributed by atoms with E-state index >= 15 is 0 Å². The molecule has 2 heterocycles. The minimum atomic E-state index is -3.17. The van der Waals surface area contributed by atoms with Crippen molar-refractivity contribution in [3.05, 3.63) is 23.4 Å².